The minimum atomic E-state index is -0.832. The molecular weight excluding hydrogens is 194 g/mol. The second kappa shape index (κ2) is 3.65. The largest absolute Gasteiger partial charge is 0.384 e. The summed E-state index contributed by atoms with van der Waals surface area (Å²) in [6.07, 6.45) is 4.83. The summed E-state index contributed by atoms with van der Waals surface area (Å²) in [5, 5.41) is 12.2. The van der Waals surface area contributed by atoms with Crippen molar-refractivity contribution in [1.29, 1.82) is 0 Å². The van der Waals surface area contributed by atoms with E-state index in [1.807, 2.05) is 6.92 Å². The van der Waals surface area contributed by atoms with Crippen LogP contribution in [-0.4, -0.2) is 11.7 Å². The van der Waals surface area contributed by atoms with Crippen LogP contribution in [0.3, 0.4) is 0 Å². The number of hydrogen-bond donors (Lipinski definition) is 2. The minimum absolute atomic E-state index is 0.302. The molecule has 14 heavy (non-hydrogen) atoms. The summed E-state index contributed by atoms with van der Waals surface area (Å²) in [5.74, 6) is 0. The second-order valence-corrected chi connectivity index (χ2v) is 5.20. The summed E-state index contributed by atoms with van der Waals surface area (Å²) < 4.78 is 0. The Labute approximate surface area is 88.8 Å². The highest BCUT2D eigenvalue weighted by Crippen LogP contribution is 2.35. The lowest BCUT2D eigenvalue weighted by Gasteiger charge is -2.23. The molecular formula is C11H17NOS. The van der Waals surface area contributed by atoms with Gasteiger partial charge in [0.05, 0.1) is 0 Å². The van der Waals surface area contributed by atoms with E-state index < -0.39 is 5.60 Å². The summed E-state index contributed by atoms with van der Waals surface area (Å²) in [7, 11) is 0. The SMILES string of the molecule is CC(O)(CN)c1csc2c1CCCC2. The highest BCUT2D eigenvalue weighted by atomic mass is 32.1. The van der Waals surface area contributed by atoms with E-state index in [2.05, 4.69) is 5.38 Å². The first kappa shape index (κ1) is 10.1. The predicted octanol–water partition coefficient (Wildman–Crippen LogP) is 1.79. The monoisotopic (exact) mass is 211 g/mol. The highest BCUT2D eigenvalue weighted by Gasteiger charge is 2.28. The molecule has 0 radical (unpaired) electrons. The molecule has 1 aromatic heterocycles. The van der Waals surface area contributed by atoms with E-state index in [4.69, 9.17) is 5.73 Å². The molecule has 0 bridgehead atoms. The fraction of sp³-hybridized carbons (Fsp3) is 0.636. The summed E-state index contributed by atoms with van der Waals surface area (Å²) >= 11 is 1.78. The third kappa shape index (κ3) is 1.60. The predicted molar refractivity (Wildman–Crippen MR) is 59.6 cm³/mol. The van der Waals surface area contributed by atoms with Gasteiger partial charge < -0.3 is 10.8 Å². The van der Waals surface area contributed by atoms with Crippen LogP contribution in [0.25, 0.3) is 0 Å². The Morgan fingerprint density at radius 1 is 1.50 bits per heavy atom. The van der Waals surface area contributed by atoms with Gasteiger partial charge in [0.1, 0.15) is 5.60 Å². The second-order valence-electron chi connectivity index (χ2n) is 4.24. The van der Waals surface area contributed by atoms with Gasteiger partial charge in [-0.2, -0.15) is 0 Å². The zero-order valence-electron chi connectivity index (χ0n) is 8.55. The van der Waals surface area contributed by atoms with E-state index in [0.29, 0.717) is 6.54 Å². The Morgan fingerprint density at radius 2 is 2.21 bits per heavy atom. The van der Waals surface area contributed by atoms with Crippen LogP contribution in [0.1, 0.15) is 35.8 Å². The van der Waals surface area contributed by atoms with E-state index in [-0.39, 0.29) is 0 Å². The van der Waals surface area contributed by atoms with Gasteiger partial charge in [-0.25, -0.2) is 0 Å². The van der Waals surface area contributed by atoms with E-state index >= 15 is 0 Å². The summed E-state index contributed by atoms with van der Waals surface area (Å²) in [6.45, 7) is 2.11. The van der Waals surface area contributed by atoms with Gasteiger partial charge in [0, 0.05) is 11.4 Å². The molecule has 2 nitrogen and oxygen atoms in total. The van der Waals surface area contributed by atoms with Gasteiger partial charge in [0.2, 0.25) is 0 Å². The molecule has 3 heteroatoms. The van der Waals surface area contributed by atoms with Gasteiger partial charge in [-0.15, -0.1) is 11.3 Å². The number of rotatable bonds is 2. The molecule has 2 rings (SSSR count). The Bertz CT molecular complexity index is 330. The topological polar surface area (TPSA) is 46.2 Å². The third-order valence-electron chi connectivity index (χ3n) is 3.04. The lowest BCUT2D eigenvalue weighted by Crippen LogP contribution is -2.32. The molecule has 78 valence electrons. The van der Waals surface area contributed by atoms with Crippen molar-refractivity contribution in [3.63, 3.8) is 0 Å². The van der Waals surface area contributed by atoms with Crippen LogP contribution < -0.4 is 5.73 Å². The Kier molecular flexibility index (Phi) is 2.64. The molecule has 0 aromatic carbocycles. The normalized spacial score (nSPS) is 20.2. The highest BCUT2D eigenvalue weighted by molar-refractivity contribution is 7.10. The maximum Gasteiger partial charge on any atom is 0.100 e. The number of thiophene rings is 1. The molecule has 0 saturated carbocycles. The quantitative estimate of drug-likeness (QED) is 0.783. The Hall–Kier alpha value is -0.380. The van der Waals surface area contributed by atoms with E-state index in [0.717, 1.165) is 12.0 Å². The van der Waals surface area contributed by atoms with Crippen molar-refractivity contribution in [2.45, 2.75) is 38.2 Å². The molecule has 1 atom stereocenters. The van der Waals surface area contributed by atoms with Crippen molar-refractivity contribution in [3.05, 3.63) is 21.4 Å². The van der Waals surface area contributed by atoms with Crippen LogP contribution in [0, 0.1) is 0 Å². The fourth-order valence-corrected chi connectivity index (χ4v) is 3.33. The molecule has 0 amide bonds. The Balaban J connectivity index is 2.39. The lowest BCUT2D eigenvalue weighted by atomic mass is 9.88. The average molecular weight is 211 g/mol. The van der Waals surface area contributed by atoms with Crippen molar-refractivity contribution in [1.82, 2.24) is 0 Å². The number of nitrogens with two attached hydrogens (primary N) is 1. The van der Waals surface area contributed by atoms with Gasteiger partial charge >= 0.3 is 0 Å². The number of fused-ring (bicyclic) bond motifs is 1. The summed E-state index contributed by atoms with van der Waals surface area (Å²) in [4.78, 5) is 1.46. The van der Waals surface area contributed by atoms with Crippen LogP contribution in [0.15, 0.2) is 5.38 Å². The Morgan fingerprint density at radius 3 is 2.93 bits per heavy atom. The number of aliphatic hydroxyl groups is 1. The molecule has 1 aliphatic rings. The van der Waals surface area contributed by atoms with E-state index in [1.54, 1.807) is 11.3 Å². The smallest absolute Gasteiger partial charge is 0.100 e. The number of aryl methyl sites for hydroxylation is 1. The molecule has 3 N–H and O–H groups in total. The van der Waals surface area contributed by atoms with Crippen LogP contribution in [0.4, 0.5) is 0 Å². The van der Waals surface area contributed by atoms with Crippen LogP contribution in [0.2, 0.25) is 0 Å². The molecule has 0 saturated heterocycles. The summed E-state index contributed by atoms with van der Waals surface area (Å²) in [5.41, 5.74) is 7.19. The fourth-order valence-electron chi connectivity index (χ4n) is 2.06. The van der Waals surface area contributed by atoms with Gasteiger partial charge in [0.15, 0.2) is 0 Å². The van der Waals surface area contributed by atoms with Gasteiger partial charge in [0.25, 0.3) is 0 Å². The minimum Gasteiger partial charge on any atom is -0.384 e. The van der Waals surface area contributed by atoms with E-state index in [9.17, 15) is 5.11 Å². The molecule has 1 heterocycles. The van der Waals surface area contributed by atoms with Crippen LogP contribution in [0.5, 0.6) is 0 Å². The zero-order valence-corrected chi connectivity index (χ0v) is 9.36. The van der Waals surface area contributed by atoms with Gasteiger partial charge in [-0.3, -0.25) is 0 Å². The molecule has 0 aliphatic heterocycles. The van der Waals surface area contributed by atoms with Crippen LogP contribution in [-0.2, 0) is 18.4 Å². The van der Waals surface area contributed by atoms with Crippen molar-refractivity contribution in [2.24, 2.45) is 5.73 Å². The molecule has 1 aliphatic carbocycles. The van der Waals surface area contributed by atoms with E-state index in [1.165, 1.54) is 29.7 Å². The lowest BCUT2D eigenvalue weighted by molar-refractivity contribution is 0.0662. The first-order valence-electron chi connectivity index (χ1n) is 5.17. The van der Waals surface area contributed by atoms with Crippen molar-refractivity contribution in [3.8, 4) is 0 Å². The molecule has 0 fully saturated rings. The average Bonchev–Trinajstić information content (AvgIpc) is 2.61. The maximum absolute atomic E-state index is 10.1. The molecule has 1 unspecified atom stereocenters. The standard InChI is InChI=1S/C11H17NOS/c1-11(13,7-12)9-6-14-10-5-3-2-4-8(9)10/h6,13H,2-5,7,12H2,1H3. The van der Waals surface area contributed by atoms with Crippen molar-refractivity contribution < 1.29 is 5.11 Å². The third-order valence-corrected chi connectivity index (χ3v) is 4.13. The van der Waals surface area contributed by atoms with Gasteiger partial charge in [-0.05, 0) is 49.1 Å². The molecule has 0 spiro atoms. The summed E-state index contributed by atoms with van der Waals surface area (Å²) in [6, 6.07) is 0. The van der Waals surface area contributed by atoms with Crippen molar-refractivity contribution >= 4 is 11.3 Å². The molecule has 1 aromatic rings. The first-order valence-corrected chi connectivity index (χ1v) is 6.05. The first-order chi connectivity index (χ1) is 6.65. The zero-order chi connectivity index (χ0) is 10.2. The van der Waals surface area contributed by atoms with Gasteiger partial charge in [-0.1, -0.05) is 0 Å². The van der Waals surface area contributed by atoms with Crippen LogP contribution >= 0.6 is 11.3 Å². The van der Waals surface area contributed by atoms with Crippen molar-refractivity contribution in [2.75, 3.05) is 6.54 Å². The number of hydrogen-bond acceptors (Lipinski definition) is 3. The maximum atomic E-state index is 10.1.